The first kappa shape index (κ1) is 26.4. The zero-order valence-corrected chi connectivity index (χ0v) is 19.2. The third-order valence-electron chi connectivity index (χ3n) is 5.80. The van der Waals surface area contributed by atoms with E-state index in [9.17, 15) is 28.4 Å². The normalized spacial score (nSPS) is 19.1. The molecule has 0 radical (unpaired) electrons. The summed E-state index contributed by atoms with van der Waals surface area (Å²) in [4.78, 5) is 19.0. The van der Waals surface area contributed by atoms with Crippen molar-refractivity contribution < 1.29 is 27.9 Å². The number of hydrogen-bond acceptors (Lipinski definition) is 9. The SMILES string of the molecule is CC(CO)NC1CCC(CNc2nc(NCc3ccccc3OC(F)(F)F)ncc2[N+](=O)[O-])CC1. The molecule has 0 aliphatic heterocycles. The van der Waals surface area contributed by atoms with Gasteiger partial charge in [0.05, 0.1) is 11.5 Å². The van der Waals surface area contributed by atoms with Crippen LogP contribution in [0.1, 0.15) is 38.2 Å². The molecule has 0 bridgehead atoms. The highest BCUT2D eigenvalue weighted by Gasteiger charge is 2.32. The zero-order valence-electron chi connectivity index (χ0n) is 19.2. The first-order valence-electron chi connectivity index (χ1n) is 11.3. The number of aliphatic hydroxyl groups is 1. The Hall–Kier alpha value is -3.19. The lowest BCUT2D eigenvalue weighted by Gasteiger charge is -2.31. The molecule has 1 fully saturated rings. The van der Waals surface area contributed by atoms with Crippen molar-refractivity contribution in [1.82, 2.24) is 15.3 Å². The topological polar surface area (TPSA) is 134 Å². The molecule has 1 aliphatic carbocycles. The molecule has 192 valence electrons. The molecule has 0 saturated heterocycles. The van der Waals surface area contributed by atoms with E-state index < -0.39 is 11.3 Å². The third kappa shape index (κ3) is 8.21. The molecule has 10 nitrogen and oxygen atoms in total. The molecule has 0 spiro atoms. The molecule has 1 heterocycles. The monoisotopic (exact) mass is 498 g/mol. The Labute approximate surface area is 200 Å². The van der Waals surface area contributed by atoms with E-state index in [1.807, 2.05) is 6.92 Å². The van der Waals surface area contributed by atoms with Gasteiger partial charge in [0.2, 0.25) is 11.8 Å². The average molecular weight is 499 g/mol. The molecule has 1 aromatic carbocycles. The van der Waals surface area contributed by atoms with Crippen LogP contribution in [-0.4, -0.2) is 51.6 Å². The Kier molecular flexibility index (Phi) is 9.04. The van der Waals surface area contributed by atoms with Crippen molar-refractivity contribution in [2.45, 2.75) is 57.6 Å². The molecule has 13 heteroatoms. The van der Waals surface area contributed by atoms with E-state index in [1.165, 1.54) is 18.2 Å². The molecule has 4 N–H and O–H groups in total. The predicted molar refractivity (Wildman–Crippen MR) is 123 cm³/mol. The van der Waals surface area contributed by atoms with Gasteiger partial charge in [-0.05, 0) is 44.6 Å². The average Bonchev–Trinajstić information content (AvgIpc) is 2.82. The third-order valence-corrected chi connectivity index (χ3v) is 5.80. The molecule has 1 aromatic heterocycles. The van der Waals surface area contributed by atoms with Gasteiger partial charge in [-0.3, -0.25) is 10.1 Å². The molecule has 0 amide bonds. The number of hydrogen-bond donors (Lipinski definition) is 4. The summed E-state index contributed by atoms with van der Waals surface area (Å²) in [5, 5.41) is 29.8. The summed E-state index contributed by atoms with van der Waals surface area (Å²) in [6.45, 7) is 2.42. The summed E-state index contributed by atoms with van der Waals surface area (Å²) in [5.41, 5.74) is -0.0642. The number of aliphatic hydroxyl groups excluding tert-OH is 1. The van der Waals surface area contributed by atoms with Crippen molar-refractivity contribution >= 4 is 17.5 Å². The Morgan fingerprint density at radius 3 is 2.60 bits per heavy atom. The highest BCUT2D eigenvalue weighted by Crippen LogP contribution is 2.29. The minimum absolute atomic E-state index is 0.0332. The van der Waals surface area contributed by atoms with Gasteiger partial charge in [0.1, 0.15) is 11.9 Å². The number of nitrogens with zero attached hydrogens (tertiary/aromatic N) is 3. The zero-order chi connectivity index (χ0) is 25.4. The van der Waals surface area contributed by atoms with Gasteiger partial charge in [0, 0.05) is 30.7 Å². The van der Waals surface area contributed by atoms with Crippen molar-refractivity contribution in [3.8, 4) is 5.75 Å². The van der Waals surface area contributed by atoms with Crippen molar-refractivity contribution in [2.75, 3.05) is 23.8 Å². The van der Waals surface area contributed by atoms with Gasteiger partial charge in [-0.15, -0.1) is 13.2 Å². The van der Waals surface area contributed by atoms with Crippen LogP contribution < -0.4 is 20.7 Å². The number of benzene rings is 1. The fourth-order valence-corrected chi connectivity index (χ4v) is 4.00. The minimum Gasteiger partial charge on any atom is -0.405 e. The second-order valence-corrected chi connectivity index (χ2v) is 8.54. The van der Waals surface area contributed by atoms with Crippen molar-refractivity contribution in [3.05, 3.63) is 46.1 Å². The molecule has 1 aliphatic rings. The Bertz CT molecular complexity index is 986. The van der Waals surface area contributed by atoms with Gasteiger partial charge in [-0.25, -0.2) is 4.98 Å². The van der Waals surface area contributed by atoms with Gasteiger partial charge >= 0.3 is 12.0 Å². The summed E-state index contributed by atoms with van der Waals surface area (Å²) in [6.07, 6.45) is -0.0503. The maximum absolute atomic E-state index is 12.6. The second-order valence-electron chi connectivity index (χ2n) is 8.54. The van der Waals surface area contributed by atoms with Crippen LogP contribution in [0.2, 0.25) is 0 Å². The fourth-order valence-electron chi connectivity index (χ4n) is 4.00. The smallest absolute Gasteiger partial charge is 0.405 e. The highest BCUT2D eigenvalue weighted by atomic mass is 19.4. The van der Waals surface area contributed by atoms with E-state index in [1.54, 1.807) is 6.07 Å². The predicted octanol–water partition coefficient (Wildman–Crippen LogP) is 3.84. The maximum atomic E-state index is 12.6. The molecular formula is C22H29F3N6O4. The molecule has 35 heavy (non-hydrogen) atoms. The summed E-state index contributed by atoms with van der Waals surface area (Å²) in [7, 11) is 0. The van der Waals surface area contributed by atoms with Crippen LogP contribution in [0, 0.1) is 16.0 Å². The Morgan fingerprint density at radius 1 is 1.23 bits per heavy atom. The van der Waals surface area contributed by atoms with Gasteiger partial charge in [-0.2, -0.15) is 4.98 Å². The van der Waals surface area contributed by atoms with Crippen LogP contribution in [-0.2, 0) is 6.54 Å². The Morgan fingerprint density at radius 2 is 1.94 bits per heavy atom. The second kappa shape index (κ2) is 12.0. The van der Waals surface area contributed by atoms with Crippen LogP contribution in [0.4, 0.5) is 30.6 Å². The number of aromatic nitrogens is 2. The number of para-hydroxylation sites is 1. The van der Waals surface area contributed by atoms with E-state index in [-0.39, 0.29) is 48.0 Å². The van der Waals surface area contributed by atoms with E-state index in [0.29, 0.717) is 18.5 Å². The molecule has 1 unspecified atom stereocenters. The number of ether oxygens (including phenoxy) is 1. The number of anilines is 2. The van der Waals surface area contributed by atoms with Crippen LogP contribution in [0.5, 0.6) is 5.75 Å². The first-order valence-corrected chi connectivity index (χ1v) is 11.3. The summed E-state index contributed by atoms with van der Waals surface area (Å²) in [5.74, 6) is 0.0216. The van der Waals surface area contributed by atoms with Gasteiger partial charge in [0.15, 0.2) is 0 Å². The highest BCUT2D eigenvalue weighted by molar-refractivity contribution is 5.57. The van der Waals surface area contributed by atoms with Crippen LogP contribution in [0.25, 0.3) is 0 Å². The minimum atomic E-state index is -4.83. The lowest BCUT2D eigenvalue weighted by atomic mass is 9.85. The van der Waals surface area contributed by atoms with Crippen LogP contribution in [0.3, 0.4) is 0 Å². The van der Waals surface area contributed by atoms with Crippen molar-refractivity contribution in [2.24, 2.45) is 5.92 Å². The molecule has 2 aromatic rings. The number of nitrogens with one attached hydrogen (secondary N) is 3. The van der Waals surface area contributed by atoms with E-state index >= 15 is 0 Å². The quantitative estimate of drug-likeness (QED) is 0.269. The lowest BCUT2D eigenvalue weighted by Crippen LogP contribution is -2.41. The van der Waals surface area contributed by atoms with Gasteiger partial charge in [-0.1, -0.05) is 18.2 Å². The largest absolute Gasteiger partial charge is 0.573 e. The van der Waals surface area contributed by atoms with E-state index in [2.05, 4.69) is 30.7 Å². The lowest BCUT2D eigenvalue weighted by molar-refractivity contribution is -0.384. The summed E-state index contributed by atoms with van der Waals surface area (Å²) >= 11 is 0. The molecule has 1 atom stereocenters. The van der Waals surface area contributed by atoms with Crippen LogP contribution in [0.15, 0.2) is 30.5 Å². The molecular weight excluding hydrogens is 469 g/mol. The fraction of sp³-hybridized carbons (Fsp3) is 0.545. The number of rotatable bonds is 11. The molecule has 3 rings (SSSR count). The van der Waals surface area contributed by atoms with Crippen LogP contribution >= 0.6 is 0 Å². The summed E-state index contributed by atoms with van der Waals surface area (Å²) in [6, 6.07) is 6.02. The van der Waals surface area contributed by atoms with E-state index in [0.717, 1.165) is 31.9 Å². The number of halogens is 3. The first-order chi connectivity index (χ1) is 16.6. The maximum Gasteiger partial charge on any atom is 0.573 e. The van der Waals surface area contributed by atoms with Gasteiger partial charge < -0.3 is 25.8 Å². The van der Waals surface area contributed by atoms with Gasteiger partial charge in [0.25, 0.3) is 0 Å². The molecule has 1 saturated carbocycles. The number of alkyl halides is 3. The summed E-state index contributed by atoms with van der Waals surface area (Å²) < 4.78 is 41.9. The van der Waals surface area contributed by atoms with Crippen molar-refractivity contribution in [3.63, 3.8) is 0 Å². The van der Waals surface area contributed by atoms with E-state index in [4.69, 9.17) is 0 Å². The standard InChI is InChI=1S/C22H29F3N6O4/c1-14(13-32)29-17-8-6-15(7-9-17)10-26-20-18(31(33)34)12-28-21(30-20)27-11-16-4-2-3-5-19(16)35-22(23,24)25/h2-5,12,14-15,17,29,32H,6-11,13H2,1H3,(H2,26,27,28,30). The van der Waals surface area contributed by atoms with Crippen molar-refractivity contribution in [1.29, 1.82) is 0 Å². The number of nitro groups is 1. The Balaban J connectivity index is 1.61.